The average molecular weight is 590 g/mol. The van der Waals surface area contributed by atoms with E-state index in [-0.39, 0.29) is 37.1 Å². The molecule has 0 aliphatic heterocycles. The Morgan fingerprint density at radius 3 is 2.20 bits per heavy atom. The van der Waals surface area contributed by atoms with Crippen LogP contribution in [-0.4, -0.2) is 66.6 Å². The molecule has 1 aromatic heterocycles. The van der Waals surface area contributed by atoms with Gasteiger partial charge in [-0.2, -0.15) is 0 Å². The fourth-order valence-electron chi connectivity index (χ4n) is 4.75. The first-order valence-electron chi connectivity index (χ1n) is 14.3. The summed E-state index contributed by atoms with van der Waals surface area (Å²) in [5.41, 5.74) is 2.82. The number of hydrogen-bond donors (Lipinski definition) is 0. The van der Waals surface area contributed by atoms with E-state index in [1.807, 2.05) is 6.07 Å². The summed E-state index contributed by atoms with van der Waals surface area (Å²) >= 11 is 0. The fourth-order valence-corrected chi connectivity index (χ4v) is 5.67. The monoisotopic (exact) mass is 589 g/mol. The Morgan fingerprint density at radius 2 is 1.61 bits per heavy atom. The zero-order valence-corrected chi connectivity index (χ0v) is 24.9. The number of ketones is 1. The molecule has 0 saturated heterocycles. The Balaban J connectivity index is 1.54. The van der Waals surface area contributed by atoms with Crippen molar-refractivity contribution in [1.82, 2.24) is 0 Å². The van der Waals surface area contributed by atoms with Crippen molar-refractivity contribution < 1.29 is 36.2 Å². The van der Waals surface area contributed by atoms with Crippen LogP contribution in [0.4, 0.5) is 10.1 Å². The molecule has 2 aromatic carbocycles. The predicted molar refractivity (Wildman–Crippen MR) is 158 cm³/mol. The number of furan rings is 1. The number of rotatable bonds is 18. The van der Waals surface area contributed by atoms with Crippen molar-refractivity contribution in [2.75, 3.05) is 56.7 Å². The first-order valence-corrected chi connectivity index (χ1v) is 16.2. The van der Waals surface area contributed by atoms with Crippen LogP contribution in [0, 0.1) is 5.82 Å². The van der Waals surface area contributed by atoms with Gasteiger partial charge >= 0.3 is 0 Å². The highest BCUT2D eigenvalue weighted by atomic mass is 32.2. The number of Topliss-reactive ketones (excluding diaryl/α,β-unsaturated/α-hetero) is 1. The van der Waals surface area contributed by atoms with E-state index in [0.717, 1.165) is 37.9 Å². The number of sulfonamides is 1. The van der Waals surface area contributed by atoms with E-state index in [2.05, 4.69) is 6.92 Å². The molecule has 0 N–H and O–H groups in total. The summed E-state index contributed by atoms with van der Waals surface area (Å²) in [6.45, 7) is 6.68. The summed E-state index contributed by atoms with van der Waals surface area (Å²) in [7, 11) is -3.65. The van der Waals surface area contributed by atoms with Crippen molar-refractivity contribution >= 4 is 32.5 Å². The molecule has 0 bridgehead atoms. The molecule has 0 spiro atoms. The molecule has 0 atom stereocenters. The van der Waals surface area contributed by atoms with Gasteiger partial charge in [-0.05, 0) is 61.1 Å². The molecule has 41 heavy (non-hydrogen) atoms. The van der Waals surface area contributed by atoms with Crippen molar-refractivity contribution in [1.29, 1.82) is 0 Å². The van der Waals surface area contributed by atoms with Gasteiger partial charge in [-0.3, -0.25) is 9.10 Å². The Kier molecular flexibility index (Phi) is 10.9. The number of hydrogen-bond acceptors (Lipinski definition) is 7. The Bertz CT molecular complexity index is 1410. The van der Waals surface area contributed by atoms with Crippen LogP contribution in [0.2, 0.25) is 0 Å². The number of anilines is 1. The number of fused-ring (bicyclic) bond motifs is 1. The highest BCUT2D eigenvalue weighted by Crippen LogP contribution is 2.48. The highest BCUT2D eigenvalue weighted by Gasteiger charge is 2.33. The van der Waals surface area contributed by atoms with Gasteiger partial charge in [0.25, 0.3) is 0 Å². The van der Waals surface area contributed by atoms with Crippen LogP contribution < -0.4 is 4.31 Å². The molecule has 4 rings (SSSR count). The summed E-state index contributed by atoms with van der Waals surface area (Å²) in [5.74, 6) is 0.0678. The van der Waals surface area contributed by atoms with Gasteiger partial charge in [0.1, 0.15) is 17.2 Å². The second-order valence-corrected chi connectivity index (χ2v) is 12.2. The van der Waals surface area contributed by atoms with E-state index >= 15 is 0 Å². The van der Waals surface area contributed by atoms with Crippen molar-refractivity contribution in [3.05, 3.63) is 53.3 Å². The molecule has 1 fully saturated rings. The van der Waals surface area contributed by atoms with Crippen molar-refractivity contribution in [2.24, 2.45) is 0 Å². The first kappa shape index (κ1) is 31.2. The van der Waals surface area contributed by atoms with Crippen LogP contribution >= 0.6 is 0 Å². The summed E-state index contributed by atoms with van der Waals surface area (Å²) < 4.78 is 63.8. The van der Waals surface area contributed by atoms with Crippen molar-refractivity contribution in [3.8, 4) is 11.3 Å². The summed E-state index contributed by atoms with van der Waals surface area (Å²) in [6.07, 6.45) is 5.44. The maximum atomic E-state index is 13.6. The Labute approximate surface area is 241 Å². The minimum atomic E-state index is -3.65. The standard InChI is InChI=1S/C31H40FNO7S/c1-4-6-14-37-16-18-39-19-17-38-15-13-33(41(3,35)36)27-21-29-26(20-25(27)22-7-8-22)30(28(34)5-2)31(40-29)23-9-11-24(32)12-10-23/h9-12,20-22H,4-8,13-19H2,1-3H3. The molecule has 10 heteroatoms. The van der Waals surface area contributed by atoms with E-state index in [4.69, 9.17) is 18.6 Å². The van der Waals surface area contributed by atoms with Gasteiger partial charge in [0.05, 0.1) is 57.1 Å². The van der Waals surface area contributed by atoms with Gasteiger partial charge in [-0.15, -0.1) is 0 Å². The predicted octanol–water partition coefficient (Wildman–Crippen LogP) is 6.32. The normalized spacial score (nSPS) is 13.7. The average Bonchev–Trinajstić information content (AvgIpc) is 3.73. The highest BCUT2D eigenvalue weighted by molar-refractivity contribution is 7.92. The summed E-state index contributed by atoms with van der Waals surface area (Å²) in [6, 6.07) is 9.41. The Morgan fingerprint density at radius 1 is 0.976 bits per heavy atom. The second-order valence-electron chi connectivity index (χ2n) is 10.3. The number of ether oxygens (including phenoxy) is 3. The molecule has 0 radical (unpaired) electrons. The molecular weight excluding hydrogens is 549 g/mol. The van der Waals surface area contributed by atoms with E-state index in [0.29, 0.717) is 60.0 Å². The molecule has 1 aliphatic rings. The van der Waals surface area contributed by atoms with Gasteiger partial charge in [0.15, 0.2) is 5.78 Å². The SMILES string of the molecule is CCCCOCCOCCOCCN(c1cc2oc(-c3ccc(F)cc3)c(C(=O)CC)c2cc1C1CC1)S(C)(=O)=O. The smallest absolute Gasteiger partial charge is 0.232 e. The van der Waals surface area contributed by atoms with Crippen LogP contribution in [0.15, 0.2) is 40.8 Å². The molecule has 1 aliphatic carbocycles. The number of carbonyl (C=O) groups is 1. The van der Waals surface area contributed by atoms with Crippen LogP contribution in [0.25, 0.3) is 22.3 Å². The maximum Gasteiger partial charge on any atom is 0.232 e. The Hall–Kier alpha value is -2.79. The number of unbranched alkanes of at least 4 members (excludes halogenated alkanes) is 1. The van der Waals surface area contributed by atoms with Crippen LogP contribution in [0.1, 0.15) is 67.8 Å². The zero-order valence-electron chi connectivity index (χ0n) is 24.1. The van der Waals surface area contributed by atoms with Crippen molar-refractivity contribution in [3.63, 3.8) is 0 Å². The lowest BCUT2D eigenvalue weighted by Crippen LogP contribution is -2.34. The fraction of sp³-hybridized carbons (Fsp3) is 0.516. The quantitative estimate of drug-likeness (QED) is 0.126. The van der Waals surface area contributed by atoms with Gasteiger partial charge < -0.3 is 18.6 Å². The minimum absolute atomic E-state index is 0.0966. The van der Waals surface area contributed by atoms with Crippen LogP contribution in [0.5, 0.6) is 0 Å². The van der Waals surface area contributed by atoms with Gasteiger partial charge in [-0.1, -0.05) is 20.3 Å². The minimum Gasteiger partial charge on any atom is -0.455 e. The molecule has 3 aromatic rings. The molecule has 1 saturated carbocycles. The molecular formula is C31H40FNO7S. The first-order chi connectivity index (χ1) is 19.7. The molecule has 224 valence electrons. The zero-order chi connectivity index (χ0) is 29.4. The topological polar surface area (TPSA) is 95.3 Å². The van der Waals surface area contributed by atoms with E-state index in [1.165, 1.54) is 22.7 Å². The molecule has 0 unspecified atom stereocenters. The van der Waals surface area contributed by atoms with E-state index < -0.39 is 10.0 Å². The largest absolute Gasteiger partial charge is 0.455 e. The van der Waals surface area contributed by atoms with Gasteiger partial charge in [-0.25, -0.2) is 12.8 Å². The van der Waals surface area contributed by atoms with Gasteiger partial charge in [0.2, 0.25) is 10.0 Å². The van der Waals surface area contributed by atoms with Crippen molar-refractivity contribution in [2.45, 2.75) is 51.9 Å². The lowest BCUT2D eigenvalue weighted by molar-refractivity contribution is 0.0156. The molecule has 8 nitrogen and oxygen atoms in total. The molecule has 1 heterocycles. The lowest BCUT2D eigenvalue weighted by Gasteiger charge is -2.25. The number of benzene rings is 2. The number of halogens is 1. The third-order valence-corrected chi connectivity index (χ3v) is 8.23. The number of nitrogens with zero attached hydrogens (tertiary/aromatic N) is 1. The van der Waals surface area contributed by atoms with Gasteiger partial charge in [0, 0.05) is 30.0 Å². The van der Waals surface area contributed by atoms with E-state index in [1.54, 1.807) is 25.1 Å². The summed E-state index contributed by atoms with van der Waals surface area (Å²) in [4.78, 5) is 13.1. The molecule has 0 amide bonds. The third-order valence-electron chi connectivity index (χ3n) is 7.05. The summed E-state index contributed by atoms with van der Waals surface area (Å²) in [5, 5.41) is 0.641. The maximum absolute atomic E-state index is 13.6. The third kappa shape index (κ3) is 8.16. The van der Waals surface area contributed by atoms with E-state index in [9.17, 15) is 17.6 Å². The van der Waals surface area contributed by atoms with Crippen LogP contribution in [0.3, 0.4) is 0 Å². The number of carbonyl (C=O) groups excluding carboxylic acids is 1. The lowest BCUT2D eigenvalue weighted by atomic mass is 9.97. The van der Waals surface area contributed by atoms with Crippen LogP contribution in [-0.2, 0) is 24.2 Å². The second kappa shape index (κ2) is 14.4.